The summed E-state index contributed by atoms with van der Waals surface area (Å²) in [7, 11) is 6.68. The molecule has 22 nitrogen and oxygen atoms in total. The fourth-order valence-electron chi connectivity index (χ4n) is 11.4. The molecule has 4 heterocycles. The average molecular weight is 1090 g/mol. The SMILES string of the molecule is CC[C@H]1OC(=O)[C@H](C)[C@@H](O[C@H]2C[C@@](C)(OC)[C@@H](OC(=O)NCCNCCOc3ccc4c(c3)c(=O)c(C(=O)O)cn4CC)[C@H](C)O2)[C@H](C)[C@@H](O[C@@H]2O[C@H](C)CC(N(C)C)[C@H]2O)[C@](C)(OC)C[C@@H](C)C(=O)[C@H](C)[C@@H](O)[C@]1(C)O. The van der Waals surface area contributed by atoms with Crippen molar-refractivity contribution in [2.45, 2.75) is 193 Å². The topological polar surface area (TPSA) is 282 Å². The van der Waals surface area contributed by atoms with E-state index >= 15 is 0 Å². The fourth-order valence-corrected chi connectivity index (χ4v) is 11.4. The molecule has 3 saturated heterocycles. The molecule has 1 aromatic carbocycles. The molecule has 3 fully saturated rings. The molecule has 2 aromatic rings. The largest absolute Gasteiger partial charge is 0.492 e. The number of ether oxygens (including phenoxy) is 9. The maximum absolute atomic E-state index is 14.5. The number of alkyl carbamates (subject to hydrolysis) is 1. The molecule has 1 aromatic heterocycles. The van der Waals surface area contributed by atoms with Gasteiger partial charge in [-0.25, -0.2) is 9.59 Å². The van der Waals surface area contributed by atoms with Crippen molar-refractivity contribution in [3.63, 3.8) is 0 Å². The first-order chi connectivity index (χ1) is 36.1. The van der Waals surface area contributed by atoms with Gasteiger partial charge in [0.15, 0.2) is 18.7 Å². The van der Waals surface area contributed by atoms with Crippen LogP contribution in [0.1, 0.15) is 112 Å². The molecule has 1 amide bonds. The zero-order valence-corrected chi connectivity index (χ0v) is 47.7. The van der Waals surface area contributed by atoms with Gasteiger partial charge in [0.05, 0.1) is 52.9 Å². The van der Waals surface area contributed by atoms with Crippen LogP contribution in [0.2, 0.25) is 0 Å². The number of nitrogens with one attached hydrogen (secondary N) is 2. The van der Waals surface area contributed by atoms with Crippen molar-refractivity contribution >= 4 is 34.7 Å². The number of carbonyl (C=O) groups is 4. The van der Waals surface area contributed by atoms with Crippen molar-refractivity contribution in [2.75, 3.05) is 54.6 Å². The molecule has 18 atom stereocenters. The zero-order valence-electron chi connectivity index (χ0n) is 47.7. The number of aromatic carboxylic acids is 1. The molecule has 0 aliphatic carbocycles. The lowest BCUT2D eigenvalue weighted by atomic mass is 9.74. The Hall–Kier alpha value is -4.33. The van der Waals surface area contributed by atoms with Gasteiger partial charge in [0.25, 0.3) is 0 Å². The van der Waals surface area contributed by atoms with Crippen LogP contribution in [0.3, 0.4) is 0 Å². The van der Waals surface area contributed by atoms with E-state index in [9.17, 15) is 44.4 Å². The van der Waals surface area contributed by atoms with Crippen LogP contribution >= 0.6 is 0 Å². The van der Waals surface area contributed by atoms with E-state index in [1.165, 1.54) is 40.3 Å². The molecule has 22 heteroatoms. The van der Waals surface area contributed by atoms with Crippen LogP contribution in [0.4, 0.5) is 4.79 Å². The van der Waals surface area contributed by atoms with E-state index in [1.54, 1.807) is 58.2 Å². The summed E-state index contributed by atoms with van der Waals surface area (Å²) in [5.41, 5.74) is -4.90. The Balaban J connectivity index is 1.33. The number of esters is 1. The van der Waals surface area contributed by atoms with E-state index in [1.807, 2.05) is 39.8 Å². The molecule has 5 rings (SSSR count). The van der Waals surface area contributed by atoms with Gasteiger partial charge >= 0.3 is 18.0 Å². The maximum Gasteiger partial charge on any atom is 0.407 e. The normalized spacial score (nSPS) is 36.7. The summed E-state index contributed by atoms with van der Waals surface area (Å²) in [5, 5.41) is 50.9. The Morgan fingerprint density at radius 2 is 1.55 bits per heavy atom. The summed E-state index contributed by atoms with van der Waals surface area (Å²) in [6.45, 7) is 20.3. The highest BCUT2D eigenvalue weighted by atomic mass is 16.7. The molecular formula is C55H88N4O18. The molecule has 0 spiro atoms. The Morgan fingerprint density at radius 3 is 2.16 bits per heavy atom. The predicted molar refractivity (Wildman–Crippen MR) is 283 cm³/mol. The van der Waals surface area contributed by atoms with Crippen LogP contribution in [0.15, 0.2) is 29.2 Å². The summed E-state index contributed by atoms with van der Waals surface area (Å²) in [6, 6.07) is 4.61. The minimum atomic E-state index is -2.04. The number of carboxylic acids is 1. The number of nitrogens with zero attached hydrogens (tertiary/aromatic N) is 2. The molecule has 436 valence electrons. The number of carbonyl (C=O) groups excluding carboxylic acids is 3. The van der Waals surface area contributed by atoms with Crippen LogP contribution in [0.25, 0.3) is 10.9 Å². The second-order valence-corrected chi connectivity index (χ2v) is 22.2. The minimum absolute atomic E-state index is 0.00640. The molecule has 0 radical (unpaired) electrons. The number of ketones is 1. The number of fused-ring (bicyclic) bond motifs is 1. The third-order valence-corrected chi connectivity index (χ3v) is 16.2. The van der Waals surface area contributed by atoms with Gasteiger partial charge in [-0.3, -0.25) is 14.4 Å². The number of hydrogen-bond donors (Lipinski definition) is 6. The number of Topliss-reactive ketones (excluding diaryl/α,β-unsaturated/α-hetero) is 1. The zero-order chi connectivity index (χ0) is 57.5. The maximum atomic E-state index is 14.5. The number of aliphatic hydroxyl groups excluding tert-OH is 2. The van der Waals surface area contributed by atoms with Gasteiger partial charge in [-0.2, -0.15) is 0 Å². The number of carboxylic acid groups (broad SMARTS) is 1. The summed E-state index contributed by atoms with van der Waals surface area (Å²) in [5.74, 6) is -5.80. The first-order valence-electron chi connectivity index (χ1n) is 27.0. The van der Waals surface area contributed by atoms with E-state index in [4.69, 9.17) is 42.6 Å². The molecule has 3 aliphatic rings. The van der Waals surface area contributed by atoms with E-state index in [-0.39, 0.29) is 61.3 Å². The van der Waals surface area contributed by atoms with Gasteiger partial charge in [0.2, 0.25) is 5.43 Å². The molecule has 3 aliphatic heterocycles. The number of hydrogen-bond acceptors (Lipinski definition) is 19. The standard InChI is InChI=1S/C55H88N4O18/c1-16-40-55(11,68)46(63)31(5)42(60)29(3)26-53(9,69-14)47(76-51-44(62)39(58(12)13)24-30(4)72-51)32(6)45(33(7)50(66)74-40)75-41-27-54(10,70-15)48(34(8)73-41)77-52(67)57-21-20-56-22-23-71-35-18-19-38-36(25-35)43(61)37(49(64)65)28-59(38)17-2/h18-19,25,28-34,39-41,44-48,51,56,62-63,68H,16-17,20-24,26-27H2,1-15H3,(H,57,67)(H,64,65)/t29-,30-,31+,32+,33-,34+,39?,40-,41+,44-,45+,46-,47-,48+,51+,53-,54-,55-/m1/s1. The minimum Gasteiger partial charge on any atom is -0.492 e. The lowest BCUT2D eigenvalue weighted by molar-refractivity contribution is -0.319. The number of likely N-dealkylation sites (N-methyl/N-ethyl adjacent to an activating group) is 1. The van der Waals surface area contributed by atoms with Crippen molar-refractivity contribution in [3.8, 4) is 5.75 Å². The Morgan fingerprint density at radius 1 is 0.883 bits per heavy atom. The van der Waals surface area contributed by atoms with Crippen molar-refractivity contribution in [1.29, 1.82) is 0 Å². The van der Waals surface area contributed by atoms with Gasteiger partial charge < -0.3 is 83.2 Å². The Labute approximate surface area is 452 Å². The number of benzene rings is 1. The van der Waals surface area contributed by atoms with Gasteiger partial charge in [-0.05, 0) is 100 Å². The number of methoxy groups -OCH3 is 2. The summed E-state index contributed by atoms with van der Waals surface area (Å²) in [6.07, 6.45) is -9.23. The van der Waals surface area contributed by atoms with Gasteiger partial charge in [0, 0.05) is 76.8 Å². The molecule has 6 N–H and O–H groups in total. The number of rotatable bonds is 18. The van der Waals surface area contributed by atoms with Crippen molar-refractivity contribution in [3.05, 3.63) is 40.2 Å². The first-order valence-corrected chi connectivity index (χ1v) is 27.0. The van der Waals surface area contributed by atoms with Crippen LogP contribution in [-0.4, -0.2) is 193 Å². The third kappa shape index (κ3) is 14.5. The fraction of sp³-hybridized carbons (Fsp3) is 0.764. The van der Waals surface area contributed by atoms with E-state index < -0.39 is 119 Å². The molecule has 77 heavy (non-hydrogen) atoms. The second-order valence-electron chi connectivity index (χ2n) is 22.2. The number of aliphatic hydroxyl groups is 3. The van der Waals surface area contributed by atoms with Gasteiger partial charge in [0.1, 0.15) is 47.1 Å². The van der Waals surface area contributed by atoms with E-state index in [0.29, 0.717) is 37.3 Å². The number of cyclic esters (lactones) is 1. The first kappa shape index (κ1) is 63.5. The highest BCUT2D eigenvalue weighted by Crippen LogP contribution is 2.42. The monoisotopic (exact) mass is 1090 g/mol. The molecule has 0 bridgehead atoms. The Bertz CT molecular complexity index is 2390. The van der Waals surface area contributed by atoms with Crippen molar-refractivity contribution in [2.24, 2.45) is 23.7 Å². The van der Waals surface area contributed by atoms with Crippen LogP contribution < -0.4 is 20.8 Å². The van der Waals surface area contributed by atoms with Crippen LogP contribution in [-0.2, 0) is 54.0 Å². The third-order valence-electron chi connectivity index (χ3n) is 16.2. The number of aryl methyl sites for hydroxylation is 1. The average Bonchev–Trinajstić information content (AvgIpc) is 3.38. The lowest BCUT2D eigenvalue weighted by Gasteiger charge is -2.50. The number of pyridine rings is 1. The molecular weight excluding hydrogens is 1000 g/mol. The molecule has 0 saturated carbocycles. The van der Waals surface area contributed by atoms with E-state index in [2.05, 4.69) is 10.6 Å². The smallest absolute Gasteiger partial charge is 0.407 e. The Kier molecular flexibility index (Phi) is 22.1. The summed E-state index contributed by atoms with van der Waals surface area (Å²) >= 11 is 0. The predicted octanol–water partition coefficient (Wildman–Crippen LogP) is 3.88. The number of amides is 1. The van der Waals surface area contributed by atoms with Gasteiger partial charge in [-0.15, -0.1) is 0 Å². The summed E-state index contributed by atoms with van der Waals surface area (Å²) in [4.78, 5) is 68.6. The quantitative estimate of drug-likeness (QED) is 0.0913. The van der Waals surface area contributed by atoms with Gasteiger partial charge in [-0.1, -0.05) is 27.7 Å². The highest BCUT2D eigenvalue weighted by molar-refractivity contribution is 5.93. The molecule has 1 unspecified atom stereocenters. The summed E-state index contributed by atoms with van der Waals surface area (Å²) < 4.78 is 58.6. The van der Waals surface area contributed by atoms with Crippen molar-refractivity contribution < 1.29 is 82.2 Å². The number of aromatic nitrogens is 1. The lowest BCUT2D eigenvalue weighted by Crippen LogP contribution is -2.62. The highest BCUT2D eigenvalue weighted by Gasteiger charge is 2.55. The van der Waals surface area contributed by atoms with Crippen LogP contribution in [0.5, 0.6) is 5.75 Å². The van der Waals surface area contributed by atoms with Crippen molar-refractivity contribution in [1.82, 2.24) is 20.1 Å². The van der Waals surface area contributed by atoms with E-state index in [0.717, 1.165) is 0 Å². The second kappa shape index (κ2) is 26.8. The van der Waals surface area contributed by atoms with Crippen LogP contribution in [0, 0.1) is 23.7 Å².